The summed E-state index contributed by atoms with van der Waals surface area (Å²) >= 11 is 0. The number of fused-ring (bicyclic) bond motifs is 3. The number of ether oxygens (including phenoxy) is 1. The highest BCUT2D eigenvalue weighted by Gasteiger charge is 2.55. The molecule has 0 heterocycles. The van der Waals surface area contributed by atoms with E-state index >= 15 is 0 Å². The molecule has 0 radical (unpaired) electrons. The van der Waals surface area contributed by atoms with Gasteiger partial charge in [0.1, 0.15) is 0 Å². The summed E-state index contributed by atoms with van der Waals surface area (Å²) in [5, 5.41) is 9.92. The lowest BCUT2D eigenvalue weighted by molar-refractivity contribution is -0.123. The predicted octanol–water partition coefficient (Wildman–Crippen LogP) is 6.86. The fraction of sp³-hybridized carbons (Fsp3) is 0.586. The van der Waals surface area contributed by atoms with Crippen LogP contribution in [0.15, 0.2) is 54.6 Å². The molecule has 168 valence electrons. The first kappa shape index (κ1) is 22.6. The van der Waals surface area contributed by atoms with Crippen LogP contribution in [0.1, 0.15) is 83.1 Å². The Morgan fingerprint density at radius 2 is 1.65 bits per heavy atom. The van der Waals surface area contributed by atoms with E-state index in [4.69, 9.17) is 4.74 Å². The summed E-state index contributed by atoms with van der Waals surface area (Å²) in [5.74, 6) is 1.09. The Bertz CT molecular complexity index is 871. The van der Waals surface area contributed by atoms with Crippen LogP contribution in [-0.4, -0.2) is 17.3 Å². The molecule has 1 fully saturated rings. The zero-order valence-corrected chi connectivity index (χ0v) is 20.0. The van der Waals surface area contributed by atoms with E-state index in [1.54, 1.807) is 11.1 Å². The zero-order valence-electron chi connectivity index (χ0n) is 20.0. The van der Waals surface area contributed by atoms with Crippen molar-refractivity contribution in [3.8, 4) is 0 Å². The Morgan fingerprint density at radius 1 is 0.968 bits per heavy atom. The monoisotopic (exact) mass is 420 g/mol. The van der Waals surface area contributed by atoms with Crippen LogP contribution in [0.5, 0.6) is 0 Å². The molecule has 2 heteroatoms. The molecule has 1 N–H and O–H groups in total. The first-order valence-electron chi connectivity index (χ1n) is 12.2. The maximum absolute atomic E-state index is 9.92. The molecular formula is C29H40O2. The minimum atomic E-state index is -0.344. The van der Waals surface area contributed by atoms with Gasteiger partial charge in [-0.2, -0.15) is 0 Å². The highest BCUT2D eigenvalue weighted by atomic mass is 16.5. The molecule has 2 aliphatic carbocycles. The van der Waals surface area contributed by atoms with E-state index in [1.165, 1.54) is 24.8 Å². The van der Waals surface area contributed by atoms with E-state index in [0.29, 0.717) is 18.3 Å². The number of aliphatic hydroxyl groups excluding tert-OH is 1. The summed E-state index contributed by atoms with van der Waals surface area (Å²) in [7, 11) is 0. The van der Waals surface area contributed by atoms with Gasteiger partial charge < -0.3 is 9.84 Å². The van der Waals surface area contributed by atoms with Crippen molar-refractivity contribution in [1.82, 2.24) is 0 Å². The highest BCUT2D eigenvalue weighted by Crippen LogP contribution is 2.61. The van der Waals surface area contributed by atoms with Gasteiger partial charge in [-0.3, -0.25) is 0 Å². The third-order valence-electron chi connectivity index (χ3n) is 8.48. The lowest BCUT2D eigenvalue weighted by Crippen LogP contribution is -2.53. The maximum Gasteiger partial charge on any atom is 0.0861 e. The molecule has 31 heavy (non-hydrogen) atoms. The van der Waals surface area contributed by atoms with Crippen LogP contribution < -0.4 is 0 Å². The van der Waals surface area contributed by atoms with Gasteiger partial charge in [0.2, 0.25) is 0 Å². The van der Waals surface area contributed by atoms with Crippen molar-refractivity contribution >= 4 is 0 Å². The van der Waals surface area contributed by atoms with Gasteiger partial charge in [0.05, 0.1) is 18.3 Å². The molecule has 1 unspecified atom stereocenters. The number of hydrogen-bond donors (Lipinski definition) is 1. The van der Waals surface area contributed by atoms with Crippen molar-refractivity contribution in [2.24, 2.45) is 17.3 Å². The average molecular weight is 421 g/mol. The number of aryl methyl sites for hydroxylation is 1. The van der Waals surface area contributed by atoms with Crippen molar-refractivity contribution in [2.45, 2.75) is 90.4 Å². The van der Waals surface area contributed by atoms with Gasteiger partial charge in [0.15, 0.2) is 0 Å². The van der Waals surface area contributed by atoms with E-state index in [-0.39, 0.29) is 29.1 Å². The van der Waals surface area contributed by atoms with Gasteiger partial charge >= 0.3 is 0 Å². The van der Waals surface area contributed by atoms with E-state index < -0.39 is 0 Å². The summed E-state index contributed by atoms with van der Waals surface area (Å²) in [4.78, 5) is 0. The van der Waals surface area contributed by atoms with Crippen LogP contribution >= 0.6 is 0 Å². The SMILES string of the molecule is CC(C[C@H](C)O)O[C@@H](c1ccccc1)[C@H]1CC[C@]2(C)c3ccccc3CC[C@H]2C1(C)C. The second-order valence-corrected chi connectivity index (χ2v) is 11.0. The molecule has 0 amide bonds. The number of hydrogen-bond acceptors (Lipinski definition) is 2. The van der Waals surface area contributed by atoms with Crippen molar-refractivity contribution < 1.29 is 9.84 Å². The minimum Gasteiger partial charge on any atom is -0.393 e. The summed E-state index contributed by atoms with van der Waals surface area (Å²) < 4.78 is 6.74. The Morgan fingerprint density at radius 3 is 2.35 bits per heavy atom. The normalized spacial score (nSPS) is 30.0. The molecule has 2 aliphatic rings. The average Bonchev–Trinajstić information content (AvgIpc) is 2.72. The van der Waals surface area contributed by atoms with E-state index in [2.05, 4.69) is 82.3 Å². The molecule has 6 atom stereocenters. The Hall–Kier alpha value is -1.64. The second kappa shape index (κ2) is 8.71. The second-order valence-electron chi connectivity index (χ2n) is 11.0. The van der Waals surface area contributed by atoms with Crippen LogP contribution in [0, 0.1) is 17.3 Å². The molecule has 2 aromatic rings. The third kappa shape index (κ3) is 4.22. The molecule has 0 aromatic heterocycles. The van der Waals surface area contributed by atoms with Gasteiger partial charge in [-0.25, -0.2) is 0 Å². The van der Waals surface area contributed by atoms with Crippen LogP contribution in [0.3, 0.4) is 0 Å². The summed E-state index contributed by atoms with van der Waals surface area (Å²) in [6.45, 7) is 11.5. The zero-order chi connectivity index (χ0) is 22.2. The van der Waals surface area contributed by atoms with Gasteiger partial charge in [-0.1, -0.05) is 75.4 Å². The quantitative estimate of drug-likeness (QED) is 0.553. The molecule has 1 saturated carbocycles. The summed E-state index contributed by atoms with van der Waals surface area (Å²) in [5.41, 5.74) is 4.81. The van der Waals surface area contributed by atoms with E-state index in [1.807, 2.05) is 6.92 Å². The summed E-state index contributed by atoms with van der Waals surface area (Å²) in [6.07, 6.45) is 5.22. The fourth-order valence-electron chi connectivity index (χ4n) is 7.07. The number of aliphatic hydroxyl groups is 1. The van der Waals surface area contributed by atoms with Gasteiger partial charge in [-0.05, 0) is 85.3 Å². The van der Waals surface area contributed by atoms with Crippen molar-refractivity contribution in [1.29, 1.82) is 0 Å². The number of rotatable bonds is 6. The highest BCUT2D eigenvalue weighted by molar-refractivity contribution is 5.39. The first-order valence-corrected chi connectivity index (χ1v) is 12.2. The van der Waals surface area contributed by atoms with Crippen LogP contribution in [0.25, 0.3) is 0 Å². The molecule has 0 aliphatic heterocycles. The van der Waals surface area contributed by atoms with Crippen LogP contribution in [0.4, 0.5) is 0 Å². The molecular weight excluding hydrogens is 380 g/mol. The molecule has 0 spiro atoms. The largest absolute Gasteiger partial charge is 0.393 e. The smallest absolute Gasteiger partial charge is 0.0861 e. The van der Waals surface area contributed by atoms with Crippen molar-refractivity contribution in [3.63, 3.8) is 0 Å². The predicted molar refractivity (Wildman–Crippen MR) is 128 cm³/mol. The van der Waals surface area contributed by atoms with Gasteiger partial charge in [0.25, 0.3) is 0 Å². The first-order chi connectivity index (χ1) is 14.7. The van der Waals surface area contributed by atoms with Crippen LogP contribution in [-0.2, 0) is 16.6 Å². The maximum atomic E-state index is 9.92. The van der Waals surface area contributed by atoms with Crippen molar-refractivity contribution in [2.75, 3.05) is 0 Å². The molecule has 0 saturated heterocycles. The Labute approximate surface area is 189 Å². The fourth-order valence-corrected chi connectivity index (χ4v) is 7.07. The third-order valence-corrected chi connectivity index (χ3v) is 8.48. The molecule has 2 nitrogen and oxygen atoms in total. The molecule has 0 bridgehead atoms. The molecule has 2 aromatic carbocycles. The van der Waals surface area contributed by atoms with E-state index in [0.717, 1.165) is 6.42 Å². The lowest BCUT2D eigenvalue weighted by Gasteiger charge is -2.59. The van der Waals surface area contributed by atoms with Gasteiger partial charge in [0, 0.05) is 0 Å². The lowest BCUT2D eigenvalue weighted by atomic mass is 9.46. The number of benzene rings is 2. The summed E-state index contributed by atoms with van der Waals surface area (Å²) in [6, 6.07) is 19.9. The van der Waals surface area contributed by atoms with E-state index in [9.17, 15) is 5.11 Å². The minimum absolute atomic E-state index is 0.0291. The Kier molecular flexibility index (Phi) is 6.34. The topological polar surface area (TPSA) is 29.5 Å². The van der Waals surface area contributed by atoms with Crippen molar-refractivity contribution in [3.05, 3.63) is 71.3 Å². The van der Waals surface area contributed by atoms with Gasteiger partial charge in [-0.15, -0.1) is 0 Å². The Balaban J connectivity index is 1.68. The molecule has 4 rings (SSSR count). The van der Waals surface area contributed by atoms with Crippen LogP contribution in [0.2, 0.25) is 0 Å². The standard InChI is InChI=1S/C29H40O2/c1-20(30)19-21(2)31-27(23-12-7-6-8-13-23)25-17-18-29(5)24-14-10-9-11-22(24)15-16-26(29)28(25,3)4/h6-14,20-21,25-27,30H,15-19H2,1-5H3/t20-,21?,25+,26-,27-,29+/m0/s1.